The highest BCUT2D eigenvalue weighted by Crippen LogP contribution is 2.39. The summed E-state index contributed by atoms with van der Waals surface area (Å²) < 4.78 is 6.14. The van der Waals surface area contributed by atoms with E-state index in [4.69, 9.17) is 10.5 Å². The molecule has 3 rings (SSSR count). The molecule has 2 heterocycles. The van der Waals surface area contributed by atoms with Crippen molar-refractivity contribution in [1.82, 2.24) is 4.98 Å². The molecule has 0 bridgehead atoms. The second kappa shape index (κ2) is 6.40. The zero-order valence-corrected chi connectivity index (χ0v) is 15.1. The summed E-state index contributed by atoms with van der Waals surface area (Å²) in [5.74, 6) is 1.59. The number of hydrogen-bond donors (Lipinski definition) is 1. The first kappa shape index (κ1) is 16.1. The topological polar surface area (TPSA) is 51.4 Å². The molecule has 0 amide bonds. The van der Waals surface area contributed by atoms with Crippen LogP contribution in [0.3, 0.4) is 0 Å². The predicted molar refractivity (Wildman–Crippen MR) is 98.5 cm³/mol. The van der Waals surface area contributed by atoms with Crippen LogP contribution in [0.25, 0.3) is 11.3 Å². The van der Waals surface area contributed by atoms with Gasteiger partial charge in [0.15, 0.2) is 5.13 Å². The molecule has 1 unspecified atom stereocenters. The summed E-state index contributed by atoms with van der Waals surface area (Å²) in [5.41, 5.74) is 9.13. The Hall–Kier alpha value is -1.75. The number of anilines is 2. The van der Waals surface area contributed by atoms with Gasteiger partial charge < -0.3 is 15.4 Å². The molecular weight excluding hydrogens is 306 g/mol. The van der Waals surface area contributed by atoms with Crippen LogP contribution in [0.4, 0.5) is 10.8 Å². The Balaban J connectivity index is 2.01. The largest absolute Gasteiger partial charge is 0.486 e. The van der Waals surface area contributed by atoms with Gasteiger partial charge >= 0.3 is 0 Å². The van der Waals surface area contributed by atoms with Crippen molar-refractivity contribution in [3.05, 3.63) is 23.1 Å². The number of hydrogen-bond acceptors (Lipinski definition) is 5. The molecule has 1 aromatic carbocycles. The number of nitrogens with two attached hydrogens (primary N) is 1. The molecule has 1 aliphatic rings. The smallest absolute Gasteiger partial charge is 0.180 e. The van der Waals surface area contributed by atoms with E-state index in [0.717, 1.165) is 41.4 Å². The van der Waals surface area contributed by atoms with Gasteiger partial charge in [-0.25, -0.2) is 4.98 Å². The number of thiazole rings is 1. The van der Waals surface area contributed by atoms with Crippen molar-refractivity contribution in [3.8, 4) is 17.0 Å². The van der Waals surface area contributed by atoms with Gasteiger partial charge in [0.05, 0.1) is 17.9 Å². The molecular formula is C18H25N3OS. The molecule has 0 saturated heterocycles. The van der Waals surface area contributed by atoms with Gasteiger partial charge in [-0.3, -0.25) is 0 Å². The molecule has 0 saturated carbocycles. The second-order valence-electron chi connectivity index (χ2n) is 6.59. The number of nitrogen functional groups attached to an aromatic ring is 1. The van der Waals surface area contributed by atoms with Crippen molar-refractivity contribution in [2.45, 2.75) is 40.2 Å². The maximum Gasteiger partial charge on any atom is 0.180 e. The first-order valence-electron chi connectivity index (χ1n) is 8.26. The Morgan fingerprint density at radius 1 is 1.43 bits per heavy atom. The molecule has 2 N–H and O–H groups in total. The van der Waals surface area contributed by atoms with Gasteiger partial charge in [0, 0.05) is 17.0 Å². The molecule has 23 heavy (non-hydrogen) atoms. The summed E-state index contributed by atoms with van der Waals surface area (Å²) in [6.45, 7) is 10.7. The summed E-state index contributed by atoms with van der Waals surface area (Å²) in [7, 11) is 0. The molecule has 0 fully saturated rings. The Bertz CT molecular complexity index is 696. The highest BCUT2D eigenvalue weighted by atomic mass is 32.1. The Labute approximate surface area is 142 Å². The summed E-state index contributed by atoms with van der Waals surface area (Å²) in [5, 5.41) is 0.622. The molecule has 1 aliphatic heterocycles. The quantitative estimate of drug-likeness (QED) is 0.906. The maximum absolute atomic E-state index is 6.14. The van der Waals surface area contributed by atoms with Crippen LogP contribution in [0.2, 0.25) is 0 Å². The summed E-state index contributed by atoms with van der Waals surface area (Å²) >= 11 is 1.54. The van der Waals surface area contributed by atoms with Crippen molar-refractivity contribution in [3.63, 3.8) is 0 Å². The summed E-state index contributed by atoms with van der Waals surface area (Å²) in [6, 6.07) is 6.37. The lowest BCUT2D eigenvalue weighted by molar-refractivity contribution is 0.188. The molecule has 0 spiro atoms. The minimum Gasteiger partial charge on any atom is -0.486 e. The standard InChI is InChI=1S/C18H25N3OS/c1-5-14-10-21(9-11(2)3)15-8-13(6-7-16(15)22-14)17-12(4)23-18(19)20-17/h6-8,11,14H,5,9-10H2,1-4H3,(H2,19,20). The van der Waals surface area contributed by atoms with E-state index < -0.39 is 0 Å². The van der Waals surface area contributed by atoms with Crippen molar-refractivity contribution in [2.75, 3.05) is 23.7 Å². The van der Waals surface area contributed by atoms with Crippen LogP contribution < -0.4 is 15.4 Å². The average molecular weight is 331 g/mol. The van der Waals surface area contributed by atoms with Crippen LogP contribution in [-0.4, -0.2) is 24.2 Å². The van der Waals surface area contributed by atoms with Crippen LogP contribution in [0.15, 0.2) is 18.2 Å². The van der Waals surface area contributed by atoms with Gasteiger partial charge in [-0.1, -0.05) is 20.8 Å². The monoisotopic (exact) mass is 331 g/mol. The van der Waals surface area contributed by atoms with E-state index in [-0.39, 0.29) is 6.10 Å². The minimum absolute atomic E-state index is 0.267. The van der Waals surface area contributed by atoms with E-state index in [9.17, 15) is 0 Å². The van der Waals surface area contributed by atoms with E-state index in [1.807, 2.05) is 0 Å². The molecule has 4 nitrogen and oxygen atoms in total. The van der Waals surface area contributed by atoms with Crippen molar-refractivity contribution < 1.29 is 4.74 Å². The number of aromatic nitrogens is 1. The summed E-state index contributed by atoms with van der Waals surface area (Å²) in [4.78, 5) is 8.09. The number of ether oxygens (including phenoxy) is 1. The maximum atomic E-state index is 6.14. The van der Waals surface area contributed by atoms with Crippen LogP contribution in [-0.2, 0) is 0 Å². The fraction of sp³-hybridized carbons (Fsp3) is 0.500. The third kappa shape index (κ3) is 3.29. The lowest BCUT2D eigenvalue weighted by Gasteiger charge is -2.37. The number of fused-ring (bicyclic) bond motifs is 1. The predicted octanol–water partition coefficient (Wildman–Crippen LogP) is 4.33. The van der Waals surface area contributed by atoms with Crippen LogP contribution in [0, 0.1) is 12.8 Å². The second-order valence-corrected chi connectivity index (χ2v) is 7.82. The van der Waals surface area contributed by atoms with Crippen LogP contribution in [0.5, 0.6) is 5.75 Å². The van der Waals surface area contributed by atoms with E-state index >= 15 is 0 Å². The average Bonchev–Trinajstić information content (AvgIpc) is 2.84. The summed E-state index contributed by atoms with van der Waals surface area (Å²) in [6.07, 6.45) is 1.29. The van der Waals surface area contributed by atoms with E-state index in [0.29, 0.717) is 11.0 Å². The fourth-order valence-corrected chi connectivity index (χ4v) is 3.79. The SMILES string of the molecule is CCC1CN(CC(C)C)c2cc(-c3nc(N)sc3C)ccc2O1. The molecule has 1 atom stereocenters. The first-order chi connectivity index (χ1) is 11.0. The van der Waals surface area contributed by atoms with Gasteiger partial charge in [0.2, 0.25) is 0 Å². The zero-order chi connectivity index (χ0) is 16.6. The number of benzene rings is 1. The molecule has 0 radical (unpaired) electrons. The lowest BCUT2D eigenvalue weighted by atomic mass is 10.1. The number of nitrogens with zero attached hydrogens (tertiary/aromatic N) is 2. The number of rotatable bonds is 4. The third-order valence-electron chi connectivity index (χ3n) is 4.14. The third-order valence-corrected chi connectivity index (χ3v) is 4.94. The molecule has 5 heteroatoms. The van der Waals surface area contributed by atoms with Crippen molar-refractivity contribution in [2.24, 2.45) is 5.92 Å². The molecule has 2 aromatic rings. The molecule has 124 valence electrons. The van der Waals surface area contributed by atoms with Gasteiger partial charge in [0.25, 0.3) is 0 Å². The zero-order valence-electron chi connectivity index (χ0n) is 14.3. The van der Waals surface area contributed by atoms with Crippen molar-refractivity contribution >= 4 is 22.2 Å². The van der Waals surface area contributed by atoms with E-state index in [1.54, 1.807) is 0 Å². The lowest BCUT2D eigenvalue weighted by Crippen LogP contribution is -2.41. The van der Waals surface area contributed by atoms with Crippen molar-refractivity contribution in [1.29, 1.82) is 0 Å². The molecule has 1 aromatic heterocycles. The normalized spacial score (nSPS) is 17.3. The minimum atomic E-state index is 0.267. The van der Waals surface area contributed by atoms with E-state index in [2.05, 4.69) is 55.8 Å². The van der Waals surface area contributed by atoms with Crippen LogP contribution in [0.1, 0.15) is 32.1 Å². The van der Waals surface area contributed by atoms with E-state index in [1.165, 1.54) is 17.0 Å². The van der Waals surface area contributed by atoms with Gasteiger partial charge in [-0.15, -0.1) is 11.3 Å². The van der Waals surface area contributed by atoms with Crippen LogP contribution >= 0.6 is 11.3 Å². The number of aryl methyl sites for hydroxylation is 1. The van der Waals surface area contributed by atoms with Gasteiger partial charge in [-0.05, 0) is 37.5 Å². The Kier molecular flexibility index (Phi) is 4.48. The first-order valence-corrected chi connectivity index (χ1v) is 9.08. The fourth-order valence-electron chi connectivity index (χ4n) is 3.08. The molecule has 0 aliphatic carbocycles. The Morgan fingerprint density at radius 3 is 2.83 bits per heavy atom. The van der Waals surface area contributed by atoms with Gasteiger partial charge in [-0.2, -0.15) is 0 Å². The Morgan fingerprint density at radius 2 is 2.22 bits per heavy atom. The van der Waals surface area contributed by atoms with Gasteiger partial charge in [0.1, 0.15) is 11.9 Å². The highest BCUT2D eigenvalue weighted by molar-refractivity contribution is 7.15. The highest BCUT2D eigenvalue weighted by Gasteiger charge is 2.26.